The molecule has 2 aromatic carbocycles. The lowest BCUT2D eigenvalue weighted by atomic mass is 10.0. The lowest BCUT2D eigenvalue weighted by Gasteiger charge is -2.26. The molecule has 0 aromatic heterocycles. The van der Waals surface area contributed by atoms with Crippen LogP contribution in [0.1, 0.15) is 65.2 Å². The maximum Gasteiger partial charge on any atom is 0.317 e. The van der Waals surface area contributed by atoms with E-state index in [4.69, 9.17) is 0 Å². The Morgan fingerprint density at radius 3 is 1.56 bits per heavy atom. The molecule has 0 aliphatic heterocycles. The van der Waals surface area contributed by atoms with Gasteiger partial charge in [0.05, 0.1) is 26.2 Å². The highest BCUT2D eigenvalue weighted by Gasteiger charge is 2.19. The Morgan fingerprint density at radius 2 is 1.12 bits per heavy atom. The van der Waals surface area contributed by atoms with E-state index in [9.17, 15) is 24.3 Å². The van der Waals surface area contributed by atoms with Crippen LogP contribution in [0.3, 0.4) is 0 Å². The van der Waals surface area contributed by atoms with Crippen LogP contribution in [-0.2, 0) is 19.2 Å². The summed E-state index contributed by atoms with van der Waals surface area (Å²) in [5.41, 5.74) is 4.16. The van der Waals surface area contributed by atoms with E-state index in [0.29, 0.717) is 5.69 Å². The number of carbonyl (C=O) groups is 4. The number of benzene rings is 2. The van der Waals surface area contributed by atoms with Crippen LogP contribution < -0.4 is 10.6 Å². The third-order valence-corrected chi connectivity index (χ3v) is 6.77. The summed E-state index contributed by atoms with van der Waals surface area (Å²) in [6, 6.07) is 13.0. The molecule has 240 valence electrons. The summed E-state index contributed by atoms with van der Waals surface area (Å²) in [7, 11) is 0. The minimum absolute atomic E-state index is 0.0380. The summed E-state index contributed by atoms with van der Waals surface area (Å²) in [6.07, 6.45) is 0. The van der Waals surface area contributed by atoms with Gasteiger partial charge in [-0.2, -0.15) is 0 Å². The first-order valence-corrected chi connectivity index (χ1v) is 15.1. The van der Waals surface area contributed by atoms with Gasteiger partial charge in [0.15, 0.2) is 0 Å². The van der Waals surface area contributed by atoms with Gasteiger partial charge < -0.3 is 15.7 Å². The second kappa shape index (κ2) is 21.2. The Hall–Kier alpha value is -3.56. The van der Waals surface area contributed by atoms with E-state index in [1.807, 2.05) is 65.0 Å². The van der Waals surface area contributed by atoms with Crippen molar-refractivity contribution < 1.29 is 24.3 Å². The Balaban J connectivity index is 0.00000196. The molecule has 0 saturated carbocycles. The van der Waals surface area contributed by atoms with Gasteiger partial charge in [-0.25, -0.2) is 0 Å². The largest absolute Gasteiger partial charge is 0.480 e. The molecule has 2 rings (SSSR count). The number of carboxylic acids is 1. The molecule has 0 radical (unpaired) electrons. The lowest BCUT2D eigenvalue weighted by Crippen LogP contribution is -2.44. The number of carboxylic acid groups (broad SMARTS) is 1. The fraction of sp³-hybridized carbons (Fsp3) is 0.529. The number of hydrogen-bond acceptors (Lipinski definition) is 6. The highest BCUT2D eigenvalue weighted by atomic mass is 16.4. The van der Waals surface area contributed by atoms with Gasteiger partial charge in [0.2, 0.25) is 11.8 Å². The highest BCUT2D eigenvalue weighted by molar-refractivity contribution is 5.94. The first-order valence-electron chi connectivity index (χ1n) is 15.1. The molecule has 0 aliphatic rings. The molecule has 0 aliphatic carbocycles. The van der Waals surface area contributed by atoms with Crippen molar-refractivity contribution in [2.45, 2.75) is 69.2 Å². The number of rotatable bonds is 14. The van der Waals surface area contributed by atoms with Crippen molar-refractivity contribution in [3.8, 4) is 0 Å². The van der Waals surface area contributed by atoms with Crippen molar-refractivity contribution >= 4 is 34.9 Å². The van der Waals surface area contributed by atoms with Crippen LogP contribution >= 0.6 is 0 Å². The molecule has 0 saturated heterocycles. The van der Waals surface area contributed by atoms with Crippen molar-refractivity contribution in [2.75, 3.05) is 49.9 Å². The molecular weight excluding hydrogens is 544 g/mol. The summed E-state index contributed by atoms with van der Waals surface area (Å²) >= 11 is 0. The molecule has 9 nitrogen and oxygen atoms in total. The van der Waals surface area contributed by atoms with Gasteiger partial charge in [-0.15, -0.1) is 0 Å². The van der Waals surface area contributed by atoms with Crippen LogP contribution in [0.15, 0.2) is 42.5 Å². The van der Waals surface area contributed by atoms with E-state index >= 15 is 0 Å². The Bertz CT molecular complexity index is 1140. The summed E-state index contributed by atoms with van der Waals surface area (Å²) in [5.74, 6) is -0.0984. The number of amides is 2. The third kappa shape index (κ3) is 17.2. The van der Waals surface area contributed by atoms with Gasteiger partial charge in [0, 0.05) is 24.5 Å². The van der Waals surface area contributed by atoms with E-state index in [1.54, 1.807) is 17.0 Å². The average molecular weight is 599 g/mol. The molecule has 0 atom stereocenters. The predicted octanol–water partition coefficient (Wildman–Crippen LogP) is 5.79. The van der Waals surface area contributed by atoms with E-state index in [2.05, 4.69) is 38.3 Å². The number of ketones is 1. The van der Waals surface area contributed by atoms with Crippen LogP contribution in [0.5, 0.6) is 0 Å². The number of Topliss-reactive ketones (excluding diaryl/α,β-unsaturated/α-hetero) is 1. The van der Waals surface area contributed by atoms with E-state index in [1.165, 1.54) is 11.8 Å². The van der Waals surface area contributed by atoms with Gasteiger partial charge in [0.1, 0.15) is 5.78 Å². The van der Waals surface area contributed by atoms with Crippen LogP contribution in [-0.4, -0.2) is 77.7 Å². The zero-order chi connectivity index (χ0) is 33.1. The van der Waals surface area contributed by atoms with Crippen LogP contribution in [0.25, 0.3) is 0 Å². The highest BCUT2D eigenvalue weighted by Crippen LogP contribution is 2.19. The second-order valence-corrected chi connectivity index (χ2v) is 11.2. The van der Waals surface area contributed by atoms with Crippen LogP contribution in [0, 0.1) is 32.6 Å². The topological polar surface area (TPSA) is 119 Å². The Morgan fingerprint density at radius 1 is 0.674 bits per heavy atom. The minimum Gasteiger partial charge on any atom is -0.480 e. The number of carbonyl (C=O) groups excluding carboxylic acids is 3. The number of nitrogens with zero attached hydrogens (tertiary/aromatic N) is 2. The van der Waals surface area contributed by atoms with E-state index in [-0.39, 0.29) is 56.9 Å². The Kier molecular flexibility index (Phi) is 19.4. The number of nitrogens with one attached hydrogen (secondary N) is 2. The zero-order valence-electron chi connectivity index (χ0n) is 27.9. The summed E-state index contributed by atoms with van der Waals surface area (Å²) in [5, 5.41) is 15.0. The monoisotopic (exact) mass is 598 g/mol. The molecule has 2 amide bonds. The molecule has 3 N–H and O–H groups in total. The number of aliphatic carboxylic acids is 1. The second-order valence-electron chi connectivity index (χ2n) is 11.2. The van der Waals surface area contributed by atoms with Crippen molar-refractivity contribution in [1.82, 2.24) is 9.80 Å². The average Bonchev–Trinajstić information content (AvgIpc) is 2.91. The molecule has 0 unspecified atom stereocenters. The molecule has 0 spiro atoms. The van der Waals surface area contributed by atoms with Gasteiger partial charge in [-0.05, 0) is 62.3 Å². The van der Waals surface area contributed by atoms with E-state index < -0.39 is 5.97 Å². The maximum absolute atomic E-state index is 12.7. The van der Waals surface area contributed by atoms with Crippen molar-refractivity contribution in [1.29, 1.82) is 0 Å². The molecule has 2 aromatic rings. The summed E-state index contributed by atoms with van der Waals surface area (Å²) in [4.78, 5) is 51.5. The van der Waals surface area contributed by atoms with Gasteiger partial charge in [-0.1, -0.05) is 77.9 Å². The standard InChI is InChI=1S/C26H34N4O5.C6H14.C2H6/c1-18-8-5-6-11-22(18)27-23(32)15-30(17-25(34)35)13-12-29(14-21(4)31)16-24(33)28-26-19(2)9-7-10-20(26)3;1-5(2)6(3)4;1-2/h5-11H,12-17H2,1-4H3,(H,27,32)(H,28,33)(H,34,35);5-6H,1-4H3;1-2H3. The van der Waals surface area contributed by atoms with Gasteiger partial charge in [0.25, 0.3) is 0 Å². The fourth-order valence-corrected chi connectivity index (χ4v) is 3.72. The maximum atomic E-state index is 12.7. The first-order chi connectivity index (χ1) is 20.2. The molecular formula is C34H54N4O5. The van der Waals surface area contributed by atoms with Crippen LogP contribution in [0.4, 0.5) is 11.4 Å². The van der Waals surface area contributed by atoms with Crippen LogP contribution in [0.2, 0.25) is 0 Å². The summed E-state index contributed by atoms with van der Waals surface area (Å²) < 4.78 is 0. The number of anilines is 2. The zero-order valence-corrected chi connectivity index (χ0v) is 27.9. The molecule has 0 bridgehead atoms. The third-order valence-electron chi connectivity index (χ3n) is 6.77. The fourth-order valence-electron chi connectivity index (χ4n) is 3.72. The number of para-hydroxylation sites is 2. The minimum atomic E-state index is -1.07. The van der Waals surface area contributed by atoms with Gasteiger partial charge >= 0.3 is 5.97 Å². The molecule has 43 heavy (non-hydrogen) atoms. The smallest absolute Gasteiger partial charge is 0.317 e. The molecule has 0 fully saturated rings. The Labute approximate surface area is 259 Å². The van der Waals surface area contributed by atoms with Crippen molar-refractivity contribution in [2.24, 2.45) is 11.8 Å². The molecule has 0 heterocycles. The normalized spacial score (nSPS) is 10.6. The SMILES string of the molecule is CC.CC(=O)CN(CCN(CC(=O)O)CC(=O)Nc1ccccc1C)CC(=O)Nc1c(C)cccc1C.CC(C)C(C)C. The predicted molar refractivity (Wildman–Crippen MR) is 177 cm³/mol. The number of aryl methyl sites for hydroxylation is 3. The number of hydrogen-bond donors (Lipinski definition) is 3. The van der Waals surface area contributed by atoms with Crippen molar-refractivity contribution in [3.05, 3.63) is 59.2 Å². The van der Waals surface area contributed by atoms with Gasteiger partial charge in [-0.3, -0.25) is 29.0 Å². The van der Waals surface area contributed by atoms with Crippen molar-refractivity contribution in [3.63, 3.8) is 0 Å². The summed E-state index contributed by atoms with van der Waals surface area (Å²) in [6.45, 7) is 20.0. The quantitative estimate of drug-likeness (QED) is 0.252. The lowest BCUT2D eigenvalue weighted by molar-refractivity contribution is -0.138. The first kappa shape index (κ1) is 39.4. The van der Waals surface area contributed by atoms with E-state index in [0.717, 1.165) is 34.2 Å². The molecule has 9 heteroatoms.